The normalized spacial score (nSPS) is 37.4. The molecule has 0 aliphatic carbocycles. The van der Waals surface area contributed by atoms with Crippen LogP contribution in [0.2, 0.25) is 0 Å². The number of aliphatic hydroxyl groups excluding tert-OH is 3. The number of carbonyl (C=O) groups excluding carboxylic acids is 2. The fourth-order valence-corrected chi connectivity index (χ4v) is 14.4. The van der Waals surface area contributed by atoms with Crippen molar-refractivity contribution in [3.05, 3.63) is 65.3 Å². The number of esters is 1. The van der Waals surface area contributed by atoms with Crippen molar-refractivity contribution >= 4 is 41.1 Å². The van der Waals surface area contributed by atoms with Crippen molar-refractivity contribution in [1.29, 1.82) is 0 Å². The van der Waals surface area contributed by atoms with Gasteiger partial charge in [0.2, 0.25) is 5.91 Å². The number of thiophene rings is 1. The molecule has 3 fully saturated rings. The predicted molar refractivity (Wildman–Crippen MR) is 299 cm³/mol. The molecule has 16 nitrogen and oxygen atoms in total. The Morgan fingerprint density at radius 1 is 0.949 bits per heavy atom. The third-order valence-corrected chi connectivity index (χ3v) is 19.1. The van der Waals surface area contributed by atoms with E-state index >= 15 is 0 Å². The first kappa shape index (κ1) is 62.2. The third kappa shape index (κ3) is 13.9. The molecule has 0 unspecified atom stereocenters. The van der Waals surface area contributed by atoms with Crippen LogP contribution in [0.5, 0.6) is 0 Å². The maximum Gasteiger partial charge on any atom is 0.311 e. The van der Waals surface area contributed by atoms with Gasteiger partial charge >= 0.3 is 5.97 Å². The van der Waals surface area contributed by atoms with E-state index in [0.29, 0.717) is 32.5 Å². The van der Waals surface area contributed by atoms with E-state index in [4.69, 9.17) is 28.4 Å². The zero-order valence-corrected chi connectivity index (χ0v) is 49.3. The predicted octanol–water partition coefficient (Wildman–Crippen LogP) is 7.49. The Bertz CT molecular complexity index is 2550. The van der Waals surface area contributed by atoms with Gasteiger partial charge in [-0.2, -0.15) is 0 Å². The summed E-state index contributed by atoms with van der Waals surface area (Å²) < 4.78 is 52.9. The monoisotopic (exact) mass is 1130 g/mol. The zero-order chi connectivity index (χ0) is 57.2. The van der Waals surface area contributed by atoms with Crippen LogP contribution in [0.1, 0.15) is 106 Å². The fraction of sp³-hybridized carbons (Fsp3) is 0.661. The molecule has 18 atom stereocenters. The van der Waals surface area contributed by atoms with E-state index < -0.39 is 102 Å². The minimum absolute atomic E-state index is 0.0872. The first-order chi connectivity index (χ1) is 36.7. The maximum atomic E-state index is 14.5. The Hall–Kier alpha value is -3.38. The fourth-order valence-electron chi connectivity index (χ4n) is 12.1. The molecule has 4 aliphatic heterocycles. The molecule has 5 heterocycles. The highest BCUT2D eigenvalue weighted by Gasteiger charge is 2.53. The Morgan fingerprint density at radius 2 is 1.65 bits per heavy atom. The summed E-state index contributed by atoms with van der Waals surface area (Å²) in [5.74, 6) is -3.42. The molecule has 3 saturated heterocycles. The number of benzene rings is 2. The molecule has 1 amide bonds. The Balaban J connectivity index is 1.08. The van der Waals surface area contributed by atoms with Crippen LogP contribution in [0.25, 0.3) is 27.6 Å². The standard InChI is InChI=1S/C59H86FN3O13S2/c1-14-46-59(10,70)52(66)36(6)63(12)31-32(2)29-57(8,69)54(34(4)50(35(5)55(68)74-46)75-48-30-58(9,71-13)53(67)37(7)73-48)76-56-49(65)43(26-33(3)72-56)62(11)25-17-24-61-47(64)23-21-39-28-41-40-18-15-16-19-44(40)78-45-22-20-38(60)27-42(45)51(41)77-39/h15-16,18-23,27-28,32-37,43,46,48-50,52-54,56,65-67,69-70H,14,17,24-26,29-31H2,1-13H3,(H,61,64)/t32-,33-,34+,35-,36-,37+,43+,46-,48+,49-,50+,52-,53+,54-,56+,57-,58-,59-/m1/s1. The summed E-state index contributed by atoms with van der Waals surface area (Å²) in [5, 5.41) is 62.8. The van der Waals surface area contributed by atoms with E-state index in [9.17, 15) is 39.5 Å². The van der Waals surface area contributed by atoms with Gasteiger partial charge < -0.3 is 69.1 Å². The van der Waals surface area contributed by atoms with E-state index in [1.807, 2.05) is 62.0 Å². The van der Waals surface area contributed by atoms with Gasteiger partial charge in [0.15, 0.2) is 12.6 Å². The van der Waals surface area contributed by atoms with Crippen LogP contribution in [-0.4, -0.2) is 178 Å². The highest BCUT2D eigenvalue weighted by Crippen LogP contribution is 2.51. The summed E-state index contributed by atoms with van der Waals surface area (Å²) in [7, 11) is 5.23. The third-order valence-electron chi connectivity index (χ3n) is 16.8. The van der Waals surface area contributed by atoms with Crippen molar-refractivity contribution in [1.82, 2.24) is 15.1 Å². The summed E-state index contributed by atoms with van der Waals surface area (Å²) in [6.07, 6.45) is -5.48. The van der Waals surface area contributed by atoms with E-state index in [1.165, 1.54) is 37.5 Å². The van der Waals surface area contributed by atoms with E-state index in [1.54, 1.807) is 72.4 Å². The number of halogens is 1. The number of rotatable bonds is 13. The number of methoxy groups -OCH3 is 1. The molecule has 3 aromatic rings. The van der Waals surface area contributed by atoms with Gasteiger partial charge in [0, 0.05) is 81.4 Å². The number of hydrogen-bond acceptors (Lipinski definition) is 17. The van der Waals surface area contributed by atoms with Gasteiger partial charge in [-0.15, -0.1) is 11.3 Å². The molecule has 2 aromatic carbocycles. The molecule has 0 bridgehead atoms. The number of fused-ring (bicyclic) bond motifs is 5. The first-order valence-electron chi connectivity index (χ1n) is 27.6. The molecule has 19 heteroatoms. The first-order valence-corrected chi connectivity index (χ1v) is 29.3. The van der Waals surface area contributed by atoms with Crippen molar-refractivity contribution in [2.75, 3.05) is 40.8 Å². The van der Waals surface area contributed by atoms with Crippen LogP contribution in [0.15, 0.2) is 64.4 Å². The van der Waals surface area contributed by atoms with Crippen LogP contribution in [0.3, 0.4) is 0 Å². The topological polar surface area (TPSA) is 209 Å². The molecular formula is C59H86FN3O13S2. The van der Waals surface area contributed by atoms with Crippen molar-refractivity contribution < 1.29 is 67.9 Å². The van der Waals surface area contributed by atoms with Crippen LogP contribution in [0, 0.1) is 23.6 Å². The van der Waals surface area contributed by atoms with Gasteiger partial charge in [0.05, 0.1) is 41.5 Å². The lowest BCUT2D eigenvalue weighted by molar-refractivity contribution is -0.318. The van der Waals surface area contributed by atoms with E-state index in [-0.39, 0.29) is 43.0 Å². The van der Waals surface area contributed by atoms with Gasteiger partial charge in [0.25, 0.3) is 0 Å². The van der Waals surface area contributed by atoms with Crippen LogP contribution in [-0.2, 0) is 38.0 Å². The van der Waals surface area contributed by atoms with Crippen molar-refractivity contribution in [2.45, 2.75) is 201 Å². The average molecular weight is 1130 g/mol. The second-order valence-electron chi connectivity index (χ2n) is 23.3. The Labute approximate surface area is 468 Å². The van der Waals surface area contributed by atoms with E-state index in [2.05, 4.69) is 17.4 Å². The summed E-state index contributed by atoms with van der Waals surface area (Å²) in [6.45, 7) is 18.7. The van der Waals surface area contributed by atoms with Crippen LogP contribution >= 0.6 is 23.1 Å². The van der Waals surface area contributed by atoms with Crippen molar-refractivity contribution in [3.8, 4) is 21.6 Å². The van der Waals surface area contributed by atoms with Crippen molar-refractivity contribution in [3.63, 3.8) is 0 Å². The summed E-state index contributed by atoms with van der Waals surface area (Å²) in [6, 6.07) is 14.0. The molecular weight excluding hydrogens is 1040 g/mol. The highest BCUT2D eigenvalue weighted by molar-refractivity contribution is 7.99. The number of hydrogen-bond donors (Lipinski definition) is 6. The molecule has 434 valence electrons. The SMILES string of the molecule is CC[C@H]1OC(=O)[C@H](C)[C@@H](O[C@H]2C[C@@](C)(OC)[C@@H](O)[C@H](C)O2)[C@H](C)[C@@H](O[C@@H]2O[C@H](C)C[C@H](N(C)CCCNC(=O)C=Cc3cc4c(s3)-c3cc(F)ccc3Sc3ccccc3-4)[C@H]2O)[C@](C)(O)C[C@@H](C)CN(C)[C@H](C)[C@@H](O)[C@]1(C)O. The number of nitrogens with zero attached hydrogens (tertiary/aromatic N) is 2. The van der Waals surface area contributed by atoms with Gasteiger partial charge in [0.1, 0.15) is 35.8 Å². The van der Waals surface area contributed by atoms with Gasteiger partial charge in [-0.3, -0.25) is 9.59 Å². The molecule has 0 spiro atoms. The minimum atomic E-state index is -1.85. The molecule has 7 rings (SSSR count). The lowest BCUT2D eigenvalue weighted by Crippen LogP contribution is -2.61. The molecule has 1 aromatic heterocycles. The van der Waals surface area contributed by atoms with Crippen LogP contribution < -0.4 is 5.32 Å². The number of nitrogens with one attached hydrogen (secondary N) is 1. The smallest absolute Gasteiger partial charge is 0.311 e. The van der Waals surface area contributed by atoms with Crippen molar-refractivity contribution in [2.24, 2.45) is 17.8 Å². The Morgan fingerprint density at radius 3 is 2.36 bits per heavy atom. The number of cyclic esters (lactones) is 1. The molecule has 4 aliphatic rings. The summed E-state index contributed by atoms with van der Waals surface area (Å²) in [5.41, 5.74) is -1.70. The number of likely N-dealkylation sites (N-methyl/N-ethyl adjacent to an activating group) is 2. The molecule has 0 saturated carbocycles. The van der Waals surface area contributed by atoms with Gasteiger partial charge in [-0.25, -0.2) is 4.39 Å². The number of amides is 1. The number of carbonyl (C=O) groups is 2. The minimum Gasteiger partial charge on any atom is -0.459 e. The lowest BCUT2D eigenvalue weighted by Gasteiger charge is -2.49. The second-order valence-corrected chi connectivity index (χ2v) is 25.5. The highest BCUT2D eigenvalue weighted by atomic mass is 32.2. The average Bonchev–Trinajstić information content (AvgIpc) is 3.78. The zero-order valence-electron chi connectivity index (χ0n) is 47.7. The molecule has 78 heavy (non-hydrogen) atoms. The molecule has 0 radical (unpaired) electrons. The van der Waals surface area contributed by atoms with E-state index in [0.717, 1.165) is 36.2 Å². The van der Waals surface area contributed by atoms with Gasteiger partial charge in [-0.05, 0) is 143 Å². The van der Waals surface area contributed by atoms with Crippen LogP contribution in [0.4, 0.5) is 4.39 Å². The summed E-state index contributed by atoms with van der Waals surface area (Å²) >= 11 is 3.13. The molecule has 6 N–H and O–H groups in total. The van der Waals surface area contributed by atoms with Gasteiger partial charge in [-0.1, -0.05) is 50.7 Å². The Kier molecular flexibility index (Phi) is 20.6. The lowest BCUT2D eigenvalue weighted by atomic mass is 9.77. The number of ether oxygens (including phenoxy) is 6. The maximum absolute atomic E-state index is 14.5. The second kappa shape index (κ2) is 25.8. The quantitative estimate of drug-likeness (QED) is 0.0435. The number of aliphatic hydroxyl groups is 5. The summed E-state index contributed by atoms with van der Waals surface area (Å²) in [4.78, 5) is 35.5. The largest absolute Gasteiger partial charge is 0.459 e.